The highest BCUT2D eigenvalue weighted by atomic mass is 32.2. The summed E-state index contributed by atoms with van der Waals surface area (Å²) in [6, 6.07) is 16.7. The van der Waals surface area contributed by atoms with Gasteiger partial charge in [0.25, 0.3) is 5.91 Å². The van der Waals surface area contributed by atoms with Gasteiger partial charge in [-0.1, -0.05) is 36.4 Å². The van der Waals surface area contributed by atoms with Crippen molar-refractivity contribution < 1.29 is 13.2 Å². The Balaban J connectivity index is 1.42. The molecule has 0 spiro atoms. The molecule has 1 aromatic heterocycles. The van der Waals surface area contributed by atoms with Crippen LogP contribution in [-0.4, -0.2) is 37.0 Å². The van der Waals surface area contributed by atoms with Crippen LogP contribution in [0.25, 0.3) is 0 Å². The second kappa shape index (κ2) is 8.55. The van der Waals surface area contributed by atoms with Gasteiger partial charge in [-0.05, 0) is 23.8 Å². The van der Waals surface area contributed by atoms with Crippen LogP contribution in [0.4, 0.5) is 10.8 Å². The highest BCUT2D eigenvalue weighted by molar-refractivity contribution is 7.92. The van der Waals surface area contributed by atoms with Crippen molar-refractivity contribution in [3.63, 3.8) is 0 Å². The Morgan fingerprint density at radius 1 is 1.17 bits per heavy atom. The molecule has 2 N–H and O–H groups in total. The van der Waals surface area contributed by atoms with E-state index in [1.54, 1.807) is 18.2 Å². The molecule has 30 heavy (non-hydrogen) atoms. The zero-order valence-electron chi connectivity index (χ0n) is 16.5. The summed E-state index contributed by atoms with van der Waals surface area (Å²) in [5.74, 6) is -0.320. The SMILES string of the molecule is CS(=O)(=O)Nc1cccc(C(=O)Nc2nc3c(s2)CN(Cc2ccccc2)CC3)c1. The third-order valence-electron chi connectivity index (χ3n) is 4.71. The molecule has 0 atom stereocenters. The minimum atomic E-state index is -3.41. The maximum atomic E-state index is 12.6. The first-order valence-corrected chi connectivity index (χ1v) is 12.2. The number of nitrogens with zero attached hydrogens (tertiary/aromatic N) is 2. The largest absolute Gasteiger partial charge is 0.298 e. The van der Waals surface area contributed by atoms with Gasteiger partial charge in [0.1, 0.15) is 0 Å². The zero-order chi connectivity index (χ0) is 21.1. The number of hydrogen-bond donors (Lipinski definition) is 2. The monoisotopic (exact) mass is 442 g/mol. The minimum Gasteiger partial charge on any atom is -0.298 e. The van der Waals surface area contributed by atoms with Gasteiger partial charge in [0.2, 0.25) is 10.0 Å². The summed E-state index contributed by atoms with van der Waals surface area (Å²) in [5, 5.41) is 3.41. The van der Waals surface area contributed by atoms with Crippen molar-refractivity contribution in [2.24, 2.45) is 0 Å². The van der Waals surface area contributed by atoms with E-state index in [-0.39, 0.29) is 5.91 Å². The lowest BCUT2D eigenvalue weighted by Crippen LogP contribution is -2.29. The van der Waals surface area contributed by atoms with E-state index in [0.717, 1.165) is 38.0 Å². The van der Waals surface area contributed by atoms with Crippen molar-refractivity contribution in [1.82, 2.24) is 9.88 Å². The minimum absolute atomic E-state index is 0.320. The Bertz CT molecular complexity index is 1160. The first kappa shape index (κ1) is 20.5. The number of benzene rings is 2. The summed E-state index contributed by atoms with van der Waals surface area (Å²) in [7, 11) is -3.41. The molecule has 9 heteroatoms. The Morgan fingerprint density at radius 2 is 1.97 bits per heavy atom. The van der Waals surface area contributed by atoms with Gasteiger partial charge in [0.05, 0.1) is 11.9 Å². The Hall–Kier alpha value is -2.75. The van der Waals surface area contributed by atoms with Crippen molar-refractivity contribution in [2.45, 2.75) is 19.5 Å². The number of amides is 1. The summed E-state index contributed by atoms with van der Waals surface area (Å²) in [5.41, 5.74) is 3.02. The molecule has 4 rings (SSSR count). The standard InChI is InChI=1S/C21H22N4O3S2/c1-30(27,28)24-17-9-5-8-16(12-17)20(26)23-21-22-18-10-11-25(14-19(18)29-21)13-15-6-3-2-4-7-15/h2-9,12,24H,10-11,13-14H2,1H3,(H,22,23,26). The molecule has 1 aliphatic heterocycles. The quantitative estimate of drug-likeness (QED) is 0.611. The topological polar surface area (TPSA) is 91.4 Å². The average molecular weight is 443 g/mol. The molecule has 0 saturated carbocycles. The number of thiazole rings is 1. The van der Waals surface area contributed by atoms with E-state index < -0.39 is 10.0 Å². The number of carbonyl (C=O) groups excluding carboxylic acids is 1. The van der Waals surface area contributed by atoms with Crippen LogP contribution in [-0.2, 0) is 29.5 Å². The van der Waals surface area contributed by atoms with Crippen molar-refractivity contribution >= 4 is 38.1 Å². The fourth-order valence-corrected chi connectivity index (χ4v) is 4.99. The average Bonchev–Trinajstić information content (AvgIpc) is 3.09. The van der Waals surface area contributed by atoms with Gasteiger partial charge < -0.3 is 0 Å². The lowest BCUT2D eigenvalue weighted by molar-refractivity contribution is 0.102. The summed E-state index contributed by atoms with van der Waals surface area (Å²) in [6.45, 7) is 2.63. The lowest BCUT2D eigenvalue weighted by atomic mass is 10.1. The number of carbonyl (C=O) groups is 1. The van der Waals surface area contributed by atoms with Crippen molar-refractivity contribution in [1.29, 1.82) is 0 Å². The van der Waals surface area contributed by atoms with E-state index in [1.807, 2.05) is 18.2 Å². The van der Waals surface area contributed by atoms with Gasteiger partial charge in [-0.15, -0.1) is 11.3 Å². The van der Waals surface area contributed by atoms with E-state index in [4.69, 9.17) is 0 Å². The molecule has 2 heterocycles. The fourth-order valence-electron chi connectivity index (χ4n) is 3.39. The third-order valence-corrected chi connectivity index (χ3v) is 6.31. The molecule has 1 amide bonds. The molecule has 7 nitrogen and oxygen atoms in total. The normalized spacial score (nSPS) is 14.2. The second-order valence-corrected chi connectivity index (χ2v) is 10.1. The van der Waals surface area contributed by atoms with Gasteiger partial charge in [-0.2, -0.15) is 0 Å². The molecule has 3 aromatic rings. The van der Waals surface area contributed by atoms with Gasteiger partial charge >= 0.3 is 0 Å². The molecular formula is C21H22N4O3S2. The summed E-state index contributed by atoms with van der Waals surface area (Å²) >= 11 is 1.49. The van der Waals surface area contributed by atoms with Crippen molar-refractivity contribution in [3.05, 3.63) is 76.3 Å². The first-order valence-electron chi connectivity index (χ1n) is 9.50. The number of aromatic nitrogens is 1. The Morgan fingerprint density at radius 3 is 2.73 bits per heavy atom. The number of sulfonamides is 1. The Kier molecular flexibility index (Phi) is 5.85. The maximum Gasteiger partial charge on any atom is 0.257 e. The molecule has 0 bridgehead atoms. The third kappa shape index (κ3) is 5.24. The van der Waals surface area contributed by atoms with E-state index in [1.165, 1.54) is 27.8 Å². The number of rotatable bonds is 6. The van der Waals surface area contributed by atoms with E-state index >= 15 is 0 Å². The fraction of sp³-hybridized carbons (Fsp3) is 0.238. The van der Waals surface area contributed by atoms with E-state index in [0.29, 0.717) is 16.4 Å². The van der Waals surface area contributed by atoms with Crippen LogP contribution < -0.4 is 10.0 Å². The molecule has 0 fully saturated rings. The van der Waals surface area contributed by atoms with Crippen LogP contribution in [0.5, 0.6) is 0 Å². The second-order valence-electron chi connectivity index (χ2n) is 7.24. The number of anilines is 2. The van der Waals surface area contributed by atoms with Crippen molar-refractivity contribution in [3.8, 4) is 0 Å². The number of fused-ring (bicyclic) bond motifs is 1. The predicted molar refractivity (Wildman–Crippen MR) is 119 cm³/mol. The lowest BCUT2D eigenvalue weighted by Gasteiger charge is -2.25. The highest BCUT2D eigenvalue weighted by Gasteiger charge is 2.21. The zero-order valence-corrected chi connectivity index (χ0v) is 18.1. The van der Waals surface area contributed by atoms with Gasteiger partial charge in [0.15, 0.2) is 5.13 Å². The highest BCUT2D eigenvalue weighted by Crippen LogP contribution is 2.29. The van der Waals surface area contributed by atoms with Crippen LogP contribution in [0, 0.1) is 0 Å². The molecule has 2 aromatic carbocycles. The van der Waals surface area contributed by atoms with Crippen LogP contribution in [0.1, 0.15) is 26.5 Å². The molecule has 0 saturated heterocycles. The van der Waals surface area contributed by atoms with Crippen LogP contribution in [0.2, 0.25) is 0 Å². The first-order chi connectivity index (χ1) is 14.4. The Labute approximate surface area is 179 Å². The van der Waals surface area contributed by atoms with Gasteiger partial charge in [-0.25, -0.2) is 13.4 Å². The molecule has 0 unspecified atom stereocenters. The molecule has 0 radical (unpaired) electrons. The molecule has 1 aliphatic rings. The predicted octanol–water partition coefficient (Wildman–Crippen LogP) is 3.33. The summed E-state index contributed by atoms with van der Waals surface area (Å²) < 4.78 is 25.2. The molecule has 0 aliphatic carbocycles. The van der Waals surface area contributed by atoms with Gasteiger partial charge in [-0.3, -0.25) is 19.7 Å². The van der Waals surface area contributed by atoms with Crippen molar-refractivity contribution in [2.75, 3.05) is 22.8 Å². The molecular weight excluding hydrogens is 420 g/mol. The van der Waals surface area contributed by atoms with E-state index in [2.05, 4.69) is 32.1 Å². The van der Waals surface area contributed by atoms with E-state index in [9.17, 15) is 13.2 Å². The smallest absolute Gasteiger partial charge is 0.257 e. The number of hydrogen-bond acceptors (Lipinski definition) is 6. The van der Waals surface area contributed by atoms with Crippen LogP contribution in [0.15, 0.2) is 54.6 Å². The molecule has 156 valence electrons. The van der Waals surface area contributed by atoms with Gasteiger partial charge in [0, 0.05) is 42.2 Å². The summed E-state index contributed by atoms with van der Waals surface area (Å²) in [6.07, 6.45) is 1.92. The maximum absolute atomic E-state index is 12.6. The van der Waals surface area contributed by atoms with Crippen LogP contribution in [0.3, 0.4) is 0 Å². The summed E-state index contributed by atoms with van der Waals surface area (Å²) in [4.78, 5) is 20.7. The number of nitrogens with one attached hydrogen (secondary N) is 2. The van der Waals surface area contributed by atoms with Crippen LogP contribution >= 0.6 is 11.3 Å².